The van der Waals surface area contributed by atoms with Crippen LogP contribution in [0.15, 0.2) is 35.7 Å². The molecule has 5 nitrogen and oxygen atoms in total. The van der Waals surface area contributed by atoms with Crippen molar-refractivity contribution in [3.63, 3.8) is 0 Å². The Bertz CT molecular complexity index is 482. The largest absolute Gasteiger partial charge is 0.623 e. The highest BCUT2D eigenvalue weighted by molar-refractivity contribution is 5.91. The molecule has 0 saturated heterocycles. The fourth-order valence-corrected chi connectivity index (χ4v) is 1.92. The van der Waals surface area contributed by atoms with Crippen molar-refractivity contribution in [2.45, 2.75) is 13.8 Å². The van der Waals surface area contributed by atoms with E-state index in [1.54, 1.807) is 24.3 Å². The second kappa shape index (κ2) is 3.80. The third-order valence-corrected chi connectivity index (χ3v) is 2.71. The lowest BCUT2D eigenvalue weighted by atomic mass is 10.1. The lowest BCUT2D eigenvalue weighted by Crippen LogP contribution is -3.12. The predicted molar refractivity (Wildman–Crippen MR) is 57.8 cm³/mol. The van der Waals surface area contributed by atoms with Gasteiger partial charge in [0.1, 0.15) is 0 Å². The van der Waals surface area contributed by atoms with Crippen LogP contribution in [-0.4, -0.2) is 5.78 Å². The summed E-state index contributed by atoms with van der Waals surface area (Å²) in [6.45, 7) is 2.82. The first kappa shape index (κ1) is 11.0. The molecule has 0 fully saturated rings. The Labute approximate surface area is 92.7 Å². The van der Waals surface area contributed by atoms with Crippen LogP contribution >= 0.6 is 0 Å². The number of quaternary nitrogens is 2. The Balaban J connectivity index is 2.63. The number of rotatable bonds is 1. The van der Waals surface area contributed by atoms with E-state index in [2.05, 4.69) is 0 Å². The highest BCUT2D eigenvalue weighted by Crippen LogP contribution is 2.17. The molecular weight excluding hydrogens is 208 g/mol. The molecule has 1 aliphatic rings. The molecule has 2 rings (SSSR count). The zero-order valence-corrected chi connectivity index (χ0v) is 9.03. The summed E-state index contributed by atoms with van der Waals surface area (Å²) in [5, 5.41) is 23.3. The van der Waals surface area contributed by atoms with Crippen LogP contribution < -0.4 is 10.1 Å². The van der Waals surface area contributed by atoms with Crippen LogP contribution in [0.4, 0.5) is 11.4 Å². The number of fused-ring (bicyclic) bond motifs is 1. The first-order valence-corrected chi connectivity index (χ1v) is 4.94. The molecule has 0 aliphatic carbocycles. The van der Waals surface area contributed by atoms with Crippen molar-refractivity contribution in [2.75, 3.05) is 0 Å². The molecule has 0 amide bonds. The molecule has 0 saturated carbocycles. The fraction of sp³-hybridized carbons (Fsp3) is 0.182. The second-order valence-electron chi connectivity index (χ2n) is 3.76. The summed E-state index contributed by atoms with van der Waals surface area (Å²) in [7, 11) is 0. The number of nitrogens with one attached hydrogen (secondary N) is 2. The lowest BCUT2D eigenvalue weighted by Gasteiger charge is -2.34. The average Bonchev–Trinajstić information content (AvgIpc) is 2.26. The van der Waals surface area contributed by atoms with Gasteiger partial charge < -0.3 is 15.5 Å². The molecule has 1 heterocycles. The molecule has 5 heteroatoms. The summed E-state index contributed by atoms with van der Waals surface area (Å²) in [6, 6.07) is 6.57. The van der Waals surface area contributed by atoms with Crippen LogP contribution in [0.5, 0.6) is 0 Å². The minimum Gasteiger partial charge on any atom is -0.623 e. The smallest absolute Gasteiger partial charge is 0.236 e. The Kier molecular flexibility index (Phi) is 2.61. The van der Waals surface area contributed by atoms with Crippen molar-refractivity contribution >= 4 is 17.2 Å². The Hall–Kier alpha value is -1.53. The molecule has 2 unspecified atom stereocenters. The van der Waals surface area contributed by atoms with Crippen molar-refractivity contribution in [1.29, 1.82) is 0 Å². The zero-order valence-electron chi connectivity index (χ0n) is 9.03. The van der Waals surface area contributed by atoms with E-state index in [4.69, 9.17) is 0 Å². The third-order valence-electron chi connectivity index (χ3n) is 2.71. The van der Waals surface area contributed by atoms with E-state index < -0.39 is 0 Å². The monoisotopic (exact) mass is 220 g/mol. The molecule has 1 aromatic rings. The van der Waals surface area contributed by atoms with Crippen molar-refractivity contribution < 1.29 is 14.9 Å². The molecule has 2 atom stereocenters. The van der Waals surface area contributed by atoms with Gasteiger partial charge in [0.25, 0.3) is 0 Å². The van der Waals surface area contributed by atoms with Gasteiger partial charge in [0, 0.05) is 26.0 Å². The van der Waals surface area contributed by atoms with Crippen LogP contribution in [0.25, 0.3) is 0 Å². The quantitative estimate of drug-likeness (QED) is 0.630. The highest BCUT2D eigenvalue weighted by atomic mass is 16.5. The third kappa shape index (κ3) is 1.46. The van der Waals surface area contributed by atoms with Gasteiger partial charge in [-0.25, -0.2) is 0 Å². The molecular formula is C11H12N2O3. The summed E-state index contributed by atoms with van der Waals surface area (Å²) in [6.07, 6.45) is 0. The minimum atomic E-state index is -0.356. The van der Waals surface area contributed by atoms with Gasteiger partial charge >= 0.3 is 0 Å². The summed E-state index contributed by atoms with van der Waals surface area (Å²) in [4.78, 5) is 11.3. The van der Waals surface area contributed by atoms with E-state index >= 15 is 0 Å². The maximum Gasteiger partial charge on any atom is 0.236 e. The molecule has 0 aromatic heterocycles. The summed E-state index contributed by atoms with van der Waals surface area (Å²) >= 11 is 0. The average molecular weight is 220 g/mol. The number of para-hydroxylation sites is 2. The maximum atomic E-state index is 12.0. The van der Waals surface area contributed by atoms with Gasteiger partial charge in [0.2, 0.25) is 11.5 Å². The standard InChI is InChI=1S/C11H12N2O3/c1-7-11(8(2)14)13(16)10-6-4-3-5-9(10)12(7)15/h3-6,12-13H,1-2H3. The molecule has 0 spiro atoms. The normalized spacial score (nSPS) is 24.2. The fourth-order valence-electron chi connectivity index (χ4n) is 1.92. The predicted octanol–water partition coefficient (Wildman–Crippen LogP) is -0.451. The zero-order chi connectivity index (χ0) is 11.9. The van der Waals surface area contributed by atoms with Crippen LogP contribution in [0.3, 0.4) is 0 Å². The number of ketones is 1. The van der Waals surface area contributed by atoms with E-state index in [1.807, 2.05) is 0 Å². The van der Waals surface area contributed by atoms with Gasteiger partial charge in [-0.2, -0.15) is 0 Å². The molecule has 16 heavy (non-hydrogen) atoms. The van der Waals surface area contributed by atoms with Crippen molar-refractivity contribution in [2.24, 2.45) is 0 Å². The number of carbonyl (C=O) groups excluding carboxylic acids is 1. The minimum absolute atomic E-state index is 0.0173. The van der Waals surface area contributed by atoms with Crippen molar-refractivity contribution in [1.82, 2.24) is 0 Å². The van der Waals surface area contributed by atoms with E-state index in [0.717, 1.165) is 0 Å². The van der Waals surface area contributed by atoms with Crippen LogP contribution in [0, 0.1) is 10.4 Å². The first-order chi connectivity index (χ1) is 7.54. The Morgan fingerprint density at radius 1 is 1.12 bits per heavy atom. The Morgan fingerprint density at radius 2 is 1.62 bits per heavy atom. The molecule has 0 radical (unpaired) electrons. The van der Waals surface area contributed by atoms with Crippen LogP contribution in [0.2, 0.25) is 0 Å². The summed E-state index contributed by atoms with van der Waals surface area (Å²) in [5.74, 6) is -0.356. The summed E-state index contributed by atoms with van der Waals surface area (Å²) in [5.41, 5.74) is 0.971. The number of Topliss-reactive ketones (excluding diaryl/α,β-unsaturated/α-hetero) is 1. The van der Waals surface area contributed by atoms with Crippen molar-refractivity contribution in [3.8, 4) is 0 Å². The van der Waals surface area contributed by atoms with Gasteiger partial charge in [-0.3, -0.25) is 9.86 Å². The van der Waals surface area contributed by atoms with Crippen LogP contribution in [0.1, 0.15) is 13.8 Å². The van der Waals surface area contributed by atoms with Crippen molar-refractivity contribution in [3.05, 3.63) is 46.1 Å². The van der Waals surface area contributed by atoms with E-state index in [9.17, 15) is 15.2 Å². The number of hydroxylamine groups is 2. The van der Waals surface area contributed by atoms with Gasteiger partial charge in [0.05, 0.1) is 0 Å². The number of hydrogen-bond acceptors (Lipinski definition) is 3. The topological polar surface area (TPSA) is 72.1 Å². The van der Waals surface area contributed by atoms with Crippen LogP contribution in [-0.2, 0) is 4.79 Å². The Morgan fingerprint density at radius 3 is 2.12 bits per heavy atom. The highest BCUT2D eigenvalue weighted by Gasteiger charge is 2.32. The first-order valence-electron chi connectivity index (χ1n) is 4.94. The van der Waals surface area contributed by atoms with E-state index in [0.29, 0.717) is 11.4 Å². The molecule has 1 aliphatic heterocycles. The van der Waals surface area contributed by atoms with E-state index in [1.165, 1.54) is 13.8 Å². The lowest BCUT2D eigenvalue weighted by molar-refractivity contribution is -0.796. The number of hydrogen-bond donors (Lipinski definition) is 2. The van der Waals surface area contributed by atoms with Gasteiger partial charge in [0.15, 0.2) is 17.1 Å². The van der Waals surface area contributed by atoms with E-state index in [-0.39, 0.29) is 27.3 Å². The number of carbonyl (C=O) groups is 1. The second-order valence-corrected chi connectivity index (χ2v) is 3.76. The molecule has 1 aromatic carbocycles. The van der Waals surface area contributed by atoms with Gasteiger partial charge in [-0.1, -0.05) is 12.1 Å². The summed E-state index contributed by atoms with van der Waals surface area (Å²) < 4.78 is 0. The van der Waals surface area contributed by atoms with Gasteiger partial charge in [-0.15, -0.1) is 0 Å². The maximum absolute atomic E-state index is 12.0. The molecule has 84 valence electrons. The molecule has 2 N–H and O–H groups in total. The molecule has 0 bridgehead atoms. The SMILES string of the molecule is CC(=O)C1=C(C)[NH+]([O-])c2ccccc2[NH+]1[O-]. The number of benzene rings is 1. The number of allylic oxidation sites excluding steroid dienone is 2. The van der Waals surface area contributed by atoms with Gasteiger partial charge in [-0.05, 0) is 0 Å².